The average Bonchev–Trinajstić information content (AvgIpc) is 3.35. The van der Waals surface area contributed by atoms with Crippen LogP contribution in [0.4, 0.5) is 24.7 Å². The van der Waals surface area contributed by atoms with Crippen molar-refractivity contribution in [1.82, 2.24) is 14.5 Å². The number of benzene rings is 3. The third-order valence-corrected chi connectivity index (χ3v) is 6.17. The van der Waals surface area contributed by atoms with Crippen LogP contribution in [0.25, 0.3) is 16.5 Å². The summed E-state index contributed by atoms with van der Waals surface area (Å²) >= 11 is 0. The predicted molar refractivity (Wildman–Crippen MR) is 145 cm³/mol. The summed E-state index contributed by atoms with van der Waals surface area (Å²) in [6.07, 6.45) is -0.0356. The number of rotatable bonds is 3. The Morgan fingerprint density at radius 1 is 0.949 bits per heavy atom. The van der Waals surface area contributed by atoms with Gasteiger partial charge in [0.15, 0.2) is 0 Å². The van der Waals surface area contributed by atoms with Crippen LogP contribution in [0.2, 0.25) is 0 Å². The van der Waals surface area contributed by atoms with Gasteiger partial charge >= 0.3 is 6.18 Å². The van der Waals surface area contributed by atoms with E-state index in [0.717, 1.165) is 28.5 Å². The van der Waals surface area contributed by atoms with E-state index >= 15 is 0 Å². The van der Waals surface area contributed by atoms with E-state index in [1.54, 1.807) is 37.5 Å². The molecule has 0 aliphatic carbocycles. The molecule has 5 aromatic rings. The maximum absolute atomic E-state index is 13.6. The number of imidazole rings is 1. The van der Waals surface area contributed by atoms with Crippen molar-refractivity contribution < 1.29 is 18.0 Å². The molecule has 0 saturated carbocycles. The summed E-state index contributed by atoms with van der Waals surface area (Å²) in [4.78, 5) is 21.4. The minimum Gasteiger partial charge on any atom is -0.383 e. The first-order valence-corrected chi connectivity index (χ1v) is 11.9. The molecule has 0 unspecified atom stereocenters. The number of anilines is 2. The number of hydrogen-bond acceptors (Lipinski definition) is 4. The number of hydrogen-bond donors (Lipinski definition) is 2. The molecule has 3 N–H and O–H groups in total. The first-order chi connectivity index (χ1) is 18.6. The first-order valence-electron chi connectivity index (χ1n) is 11.9. The van der Waals surface area contributed by atoms with Crippen molar-refractivity contribution in [2.45, 2.75) is 20.0 Å². The highest BCUT2D eigenvalue weighted by atomic mass is 19.4. The van der Waals surface area contributed by atoms with E-state index in [1.807, 2.05) is 31.2 Å². The molecule has 2 aromatic heterocycles. The van der Waals surface area contributed by atoms with Crippen molar-refractivity contribution >= 4 is 28.2 Å². The number of aryl methyl sites for hydroxylation is 2. The van der Waals surface area contributed by atoms with E-state index in [4.69, 9.17) is 5.73 Å². The number of halogens is 3. The molecule has 3 aromatic carbocycles. The number of fused-ring (bicyclic) bond motifs is 1. The molecule has 39 heavy (non-hydrogen) atoms. The Morgan fingerprint density at radius 3 is 2.41 bits per heavy atom. The van der Waals surface area contributed by atoms with Gasteiger partial charge < -0.3 is 15.6 Å². The number of nitrogens with two attached hydrogens (primary N) is 1. The van der Waals surface area contributed by atoms with Gasteiger partial charge in [0.25, 0.3) is 5.91 Å². The number of nitrogens with one attached hydrogen (secondary N) is 1. The van der Waals surface area contributed by atoms with E-state index in [-0.39, 0.29) is 11.3 Å². The molecule has 194 valence electrons. The van der Waals surface area contributed by atoms with Crippen LogP contribution < -0.4 is 11.1 Å². The zero-order valence-corrected chi connectivity index (χ0v) is 21.0. The lowest BCUT2D eigenvalue weighted by Crippen LogP contribution is -2.15. The number of aromatic nitrogens is 3. The van der Waals surface area contributed by atoms with Gasteiger partial charge in [0.1, 0.15) is 5.82 Å². The van der Waals surface area contributed by atoms with Crippen LogP contribution in [-0.2, 0) is 6.18 Å². The lowest BCUT2D eigenvalue weighted by molar-refractivity contribution is -0.137. The highest BCUT2D eigenvalue weighted by Gasteiger charge is 2.32. The smallest absolute Gasteiger partial charge is 0.383 e. The number of nitrogens with zero attached hydrogens (tertiary/aromatic N) is 3. The number of amides is 1. The monoisotopic (exact) mass is 525 g/mol. The third-order valence-electron chi connectivity index (χ3n) is 6.17. The molecule has 0 aliphatic heterocycles. The fraction of sp³-hybridized carbons (Fsp3) is 0.100. The minimum absolute atomic E-state index is 0.140. The molecule has 5 rings (SSSR count). The molecular formula is C30H22F3N5O. The van der Waals surface area contributed by atoms with E-state index in [2.05, 4.69) is 27.1 Å². The Labute approximate surface area is 222 Å². The Balaban J connectivity index is 1.46. The largest absolute Gasteiger partial charge is 0.416 e. The maximum atomic E-state index is 13.6. The summed E-state index contributed by atoms with van der Waals surface area (Å²) < 4.78 is 42.3. The minimum atomic E-state index is -4.63. The van der Waals surface area contributed by atoms with Crippen LogP contribution in [0.1, 0.15) is 38.3 Å². The molecule has 0 radical (unpaired) electrons. The van der Waals surface area contributed by atoms with Crippen LogP contribution in [-0.4, -0.2) is 20.4 Å². The molecule has 9 heteroatoms. The fourth-order valence-electron chi connectivity index (χ4n) is 4.10. The van der Waals surface area contributed by atoms with Gasteiger partial charge in [-0.25, -0.2) is 9.97 Å². The number of carbonyl (C=O) groups excluding carboxylic acids is 1. The van der Waals surface area contributed by atoms with E-state index in [1.165, 1.54) is 17.0 Å². The Bertz CT molecular complexity index is 1790. The Kier molecular flexibility index (Phi) is 6.54. The van der Waals surface area contributed by atoms with Gasteiger partial charge in [-0.3, -0.25) is 4.79 Å². The summed E-state index contributed by atoms with van der Waals surface area (Å²) in [6, 6.07) is 15.9. The molecule has 0 saturated heterocycles. The van der Waals surface area contributed by atoms with Gasteiger partial charge in [0, 0.05) is 45.7 Å². The Morgan fingerprint density at radius 2 is 1.69 bits per heavy atom. The lowest BCUT2D eigenvalue weighted by atomic mass is 10.0. The molecule has 2 heterocycles. The van der Waals surface area contributed by atoms with Gasteiger partial charge in [-0.15, -0.1) is 0 Å². The van der Waals surface area contributed by atoms with Crippen molar-refractivity contribution in [3.05, 3.63) is 113 Å². The zero-order valence-electron chi connectivity index (χ0n) is 21.0. The van der Waals surface area contributed by atoms with Crippen LogP contribution in [0, 0.1) is 25.7 Å². The van der Waals surface area contributed by atoms with E-state index < -0.39 is 17.6 Å². The second kappa shape index (κ2) is 9.99. The highest BCUT2D eigenvalue weighted by molar-refractivity contribution is 6.05. The highest BCUT2D eigenvalue weighted by Crippen LogP contribution is 2.32. The predicted octanol–water partition coefficient (Wildman–Crippen LogP) is 6.29. The normalized spacial score (nSPS) is 11.2. The molecule has 0 spiro atoms. The Hall–Kier alpha value is -5.10. The molecule has 6 nitrogen and oxygen atoms in total. The van der Waals surface area contributed by atoms with E-state index in [0.29, 0.717) is 28.3 Å². The second-order valence-electron chi connectivity index (χ2n) is 9.03. The number of pyridine rings is 1. The fourth-order valence-corrected chi connectivity index (χ4v) is 4.10. The lowest BCUT2D eigenvalue weighted by Gasteiger charge is -2.13. The number of nitrogen functional groups attached to an aromatic ring is 1. The van der Waals surface area contributed by atoms with Crippen LogP contribution in [0.15, 0.2) is 79.4 Å². The molecule has 1 amide bonds. The number of carbonyl (C=O) groups is 1. The maximum Gasteiger partial charge on any atom is 0.416 e. The van der Waals surface area contributed by atoms with Gasteiger partial charge in [0.2, 0.25) is 0 Å². The molecule has 0 bridgehead atoms. The standard InChI is InChI=1S/C30H22F3N5O/c1-18-7-10-24(12-20(18)8-9-21-15-35-28(34)27-6-4-3-5-26(21)27)37-29(39)22-11-23(30(31,32)33)14-25(13-22)38-16-19(2)36-17-38/h3-7,10-17H,1-2H3,(H2,34,35)(H,37,39). The van der Waals surface area contributed by atoms with Crippen LogP contribution in [0.3, 0.4) is 0 Å². The zero-order chi connectivity index (χ0) is 27.7. The molecule has 0 atom stereocenters. The summed E-state index contributed by atoms with van der Waals surface area (Å²) in [5.74, 6) is 5.97. The third kappa shape index (κ3) is 5.45. The summed E-state index contributed by atoms with van der Waals surface area (Å²) in [7, 11) is 0. The second-order valence-corrected chi connectivity index (χ2v) is 9.03. The average molecular weight is 526 g/mol. The van der Waals surface area contributed by atoms with Gasteiger partial charge in [0.05, 0.1) is 23.1 Å². The van der Waals surface area contributed by atoms with Crippen molar-refractivity contribution in [3.63, 3.8) is 0 Å². The molecule has 0 fully saturated rings. The SMILES string of the molecule is Cc1cn(-c2cc(C(=O)Nc3ccc(C)c(C#Cc4cnc(N)c5ccccc45)c3)cc(C(F)(F)F)c2)cn1. The van der Waals surface area contributed by atoms with Gasteiger partial charge in [-0.05, 0) is 49.7 Å². The van der Waals surface area contributed by atoms with Crippen molar-refractivity contribution in [2.75, 3.05) is 11.1 Å². The summed E-state index contributed by atoms with van der Waals surface area (Å²) in [5, 5.41) is 4.36. The van der Waals surface area contributed by atoms with Crippen LogP contribution >= 0.6 is 0 Å². The first kappa shape index (κ1) is 25.5. The van der Waals surface area contributed by atoms with E-state index in [9.17, 15) is 18.0 Å². The summed E-state index contributed by atoms with van der Waals surface area (Å²) in [6.45, 7) is 3.60. The number of alkyl halides is 3. The van der Waals surface area contributed by atoms with Crippen molar-refractivity contribution in [3.8, 4) is 17.5 Å². The van der Waals surface area contributed by atoms with Gasteiger partial charge in [-0.1, -0.05) is 42.2 Å². The van der Waals surface area contributed by atoms with Gasteiger partial charge in [-0.2, -0.15) is 13.2 Å². The van der Waals surface area contributed by atoms with Crippen molar-refractivity contribution in [1.29, 1.82) is 0 Å². The molecule has 0 aliphatic rings. The topological polar surface area (TPSA) is 85.8 Å². The molecular weight excluding hydrogens is 503 g/mol. The summed E-state index contributed by atoms with van der Waals surface area (Å²) in [5.41, 5.74) is 8.32. The van der Waals surface area contributed by atoms with Crippen molar-refractivity contribution in [2.24, 2.45) is 0 Å². The quantitative estimate of drug-likeness (QED) is 0.271. The van der Waals surface area contributed by atoms with Crippen LogP contribution in [0.5, 0.6) is 0 Å².